The van der Waals surface area contributed by atoms with Crippen molar-refractivity contribution < 1.29 is 22.7 Å². The number of sulfonamides is 1. The van der Waals surface area contributed by atoms with Gasteiger partial charge in [-0.15, -0.1) is 0 Å². The van der Waals surface area contributed by atoms with Crippen molar-refractivity contribution in [3.63, 3.8) is 0 Å². The van der Waals surface area contributed by atoms with E-state index in [1.807, 2.05) is 43.3 Å². The number of morpholine rings is 1. The molecule has 9 nitrogen and oxygen atoms in total. The zero-order valence-electron chi connectivity index (χ0n) is 20.0. The van der Waals surface area contributed by atoms with Crippen LogP contribution in [0.5, 0.6) is 5.75 Å². The third kappa shape index (κ3) is 5.19. The van der Waals surface area contributed by atoms with E-state index >= 15 is 0 Å². The molecule has 1 aliphatic rings. The molecule has 5 rings (SSSR count). The molecule has 0 spiro atoms. The van der Waals surface area contributed by atoms with Gasteiger partial charge in [-0.2, -0.15) is 4.31 Å². The van der Waals surface area contributed by atoms with Gasteiger partial charge in [-0.3, -0.25) is 9.78 Å². The van der Waals surface area contributed by atoms with Crippen molar-refractivity contribution in [2.75, 3.05) is 26.3 Å². The molecule has 1 unspecified atom stereocenters. The molecule has 2 aromatic heterocycles. The lowest BCUT2D eigenvalue weighted by Crippen LogP contribution is -2.47. The van der Waals surface area contributed by atoms with Crippen LogP contribution in [0.15, 0.2) is 65.7 Å². The Labute approximate surface area is 219 Å². The Hall–Kier alpha value is -3.44. The number of carbonyl (C=O) groups is 1. The number of rotatable bonds is 7. The number of aromatic nitrogens is 2. The van der Waals surface area contributed by atoms with Crippen LogP contribution < -0.4 is 10.5 Å². The van der Waals surface area contributed by atoms with Crippen LogP contribution in [0.25, 0.3) is 22.0 Å². The number of ether oxygens (including phenoxy) is 2. The second-order valence-electron chi connectivity index (χ2n) is 8.77. The van der Waals surface area contributed by atoms with Gasteiger partial charge in [0.2, 0.25) is 10.0 Å². The lowest BCUT2D eigenvalue weighted by Gasteiger charge is -2.32. The number of aryl methyl sites for hydroxylation is 1. The summed E-state index contributed by atoms with van der Waals surface area (Å²) in [4.78, 5) is 19.1. The van der Waals surface area contributed by atoms with Crippen LogP contribution in [0.2, 0.25) is 5.02 Å². The molecule has 3 N–H and O–H groups in total. The van der Waals surface area contributed by atoms with E-state index in [9.17, 15) is 13.2 Å². The molecule has 1 aliphatic heterocycles. The first-order valence-electron chi connectivity index (χ1n) is 11.6. The normalized spacial score (nSPS) is 16.6. The van der Waals surface area contributed by atoms with Gasteiger partial charge in [0.25, 0.3) is 5.91 Å². The van der Waals surface area contributed by atoms with E-state index < -0.39 is 22.0 Å². The summed E-state index contributed by atoms with van der Waals surface area (Å²) in [6.45, 7) is 2.43. The number of H-pyrrole nitrogens is 1. The molecule has 37 heavy (non-hydrogen) atoms. The maximum absolute atomic E-state index is 13.7. The molecule has 3 heterocycles. The number of benzene rings is 2. The fraction of sp³-hybridized carbons (Fsp3) is 0.231. The van der Waals surface area contributed by atoms with Crippen molar-refractivity contribution in [3.05, 3.63) is 77.2 Å². The molecule has 0 saturated carbocycles. The van der Waals surface area contributed by atoms with E-state index in [0.29, 0.717) is 21.7 Å². The average molecular weight is 541 g/mol. The Bertz CT molecular complexity index is 1570. The molecule has 1 atom stereocenters. The molecule has 1 saturated heterocycles. The van der Waals surface area contributed by atoms with Gasteiger partial charge in [0, 0.05) is 46.5 Å². The highest BCUT2D eigenvalue weighted by atomic mass is 35.5. The maximum atomic E-state index is 13.7. The number of fused-ring (bicyclic) bond motifs is 1. The number of carbonyl (C=O) groups excluding carboxylic acids is 1. The summed E-state index contributed by atoms with van der Waals surface area (Å²) in [5.74, 6) is -0.244. The Morgan fingerprint density at radius 3 is 2.81 bits per heavy atom. The van der Waals surface area contributed by atoms with Crippen LogP contribution in [0.4, 0.5) is 0 Å². The number of nitrogens with zero attached hydrogens (tertiary/aromatic N) is 2. The Morgan fingerprint density at radius 2 is 2.05 bits per heavy atom. The molecule has 1 amide bonds. The van der Waals surface area contributed by atoms with Gasteiger partial charge in [0.05, 0.1) is 6.61 Å². The highest BCUT2D eigenvalue weighted by molar-refractivity contribution is 7.89. The smallest absolute Gasteiger partial charge is 0.266 e. The van der Waals surface area contributed by atoms with E-state index in [-0.39, 0.29) is 36.9 Å². The van der Waals surface area contributed by atoms with Gasteiger partial charge in [0.15, 0.2) is 0 Å². The first kappa shape index (κ1) is 25.2. The average Bonchev–Trinajstić information content (AvgIpc) is 3.28. The number of primary amides is 1. The predicted octanol–water partition coefficient (Wildman–Crippen LogP) is 3.76. The van der Waals surface area contributed by atoms with E-state index in [2.05, 4.69) is 9.97 Å². The van der Waals surface area contributed by atoms with Crippen LogP contribution in [0.1, 0.15) is 16.2 Å². The van der Waals surface area contributed by atoms with Crippen LogP contribution in [0.3, 0.4) is 0 Å². The second-order valence-corrected chi connectivity index (χ2v) is 11.1. The van der Waals surface area contributed by atoms with Gasteiger partial charge in [-0.1, -0.05) is 29.8 Å². The fourth-order valence-electron chi connectivity index (χ4n) is 4.31. The third-order valence-corrected chi connectivity index (χ3v) is 8.36. The number of halogens is 1. The molecule has 1 fully saturated rings. The third-order valence-electron chi connectivity index (χ3n) is 6.17. The summed E-state index contributed by atoms with van der Waals surface area (Å²) in [7, 11) is -4.10. The zero-order chi connectivity index (χ0) is 26.2. The number of pyridine rings is 1. The van der Waals surface area contributed by atoms with E-state index in [4.69, 9.17) is 26.8 Å². The minimum atomic E-state index is -4.10. The summed E-state index contributed by atoms with van der Waals surface area (Å²) < 4.78 is 40.4. The van der Waals surface area contributed by atoms with Crippen molar-refractivity contribution in [3.8, 4) is 16.9 Å². The highest BCUT2D eigenvalue weighted by Crippen LogP contribution is 2.32. The van der Waals surface area contributed by atoms with Gasteiger partial charge >= 0.3 is 0 Å². The highest BCUT2D eigenvalue weighted by Gasteiger charge is 2.36. The van der Waals surface area contributed by atoms with Crippen LogP contribution in [0, 0.1) is 6.92 Å². The van der Waals surface area contributed by atoms with Gasteiger partial charge in [0.1, 0.15) is 29.0 Å². The molecule has 2 aromatic carbocycles. The second kappa shape index (κ2) is 10.1. The van der Waals surface area contributed by atoms with Gasteiger partial charge in [-0.25, -0.2) is 8.42 Å². The standard InChI is InChI=1S/C26H25ClN4O5S/c1-16-5-6-18(13-29-16)17-3-2-4-20(11-17)36-15-21-14-31(9-10-35-21)37(33,34)25-22-12-19(27)7-8-23(22)30-24(25)26(28)32/h2-8,11-13,21,30H,9-10,14-15H2,1H3,(H2,28,32). The summed E-state index contributed by atoms with van der Waals surface area (Å²) in [5, 5.41) is 0.652. The Balaban J connectivity index is 1.34. The first-order chi connectivity index (χ1) is 17.7. The van der Waals surface area contributed by atoms with Crippen molar-refractivity contribution in [2.45, 2.75) is 17.9 Å². The predicted molar refractivity (Wildman–Crippen MR) is 140 cm³/mol. The topological polar surface area (TPSA) is 128 Å². The van der Waals surface area contributed by atoms with Gasteiger partial charge < -0.3 is 20.2 Å². The van der Waals surface area contributed by atoms with E-state index in [0.717, 1.165) is 16.8 Å². The van der Waals surface area contributed by atoms with E-state index in [1.165, 1.54) is 10.4 Å². The maximum Gasteiger partial charge on any atom is 0.266 e. The monoisotopic (exact) mass is 540 g/mol. The molecule has 0 radical (unpaired) electrons. The van der Waals surface area contributed by atoms with Gasteiger partial charge in [-0.05, 0) is 48.9 Å². The quantitative estimate of drug-likeness (QED) is 0.367. The molecular weight excluding hydrogens is 516 g/mol. The largest absolute Gasteiger partial charge is 0.491 e. The number of nitrogens with two attached hydrogens (primary N) is 1. The first-order valence-corrected chi connectivity index (χ1v) is 13.4. The van der Waals surface area contributed by atoms with Crippen molar-refractivity contribution >= 4 is 38.4 Å². The lowest BCUT2D eigenvalue weighted by atomic mass is 10.1. The van der Waals surface area contributed by atoms with Crippen molar-refractivity contribution in [1.29, 1.82) is 0 Å². The number of nitrogens with one attached hydrogen (secondary N) is 1. The lowest BCUT2D eigenvalue weighted by molar-refractivity contribution is -0.0249. The van der Waals surface area contributed by atoms with Crippen LogP contribution >= 0.6 is 11.6 Å². The summed E-state index contributed by atoms with van der Waals surface area (Å²) in [5.41, 5.74) is 8.63. The SMILES string of the molecule is Cc1ccc(-c2cccc(OCC3CN(S(=O)(=O)c4c(C(N)=O)[nH]c5ccc(Cl)cc45)CCO3)c2)cn1. The minimum Gasteiger partial charge on any atom is -0.491 e. The Morgan fingerprint density at radius 1 is 1.22 bits per heavy atom. The molecule has 192 valence electrons. The van der Waals surface area contributed by atoms with Crippen molar-refractivity contribution in [1.82, 2.24) is 14.3 Å². The minimum absolute atomic E-state index is 0.0509. The Kier molecular flexibility index (Phi) is 6.91. The number of amides is 1. The number of aromatic amines is 1. The molecular formula is C26H25ClN4O5S. The summed E-state index contributed by atoms with van der Waals surface area (Å²) in [6, 6.07) is 16.2. The summed E-state index contributed by atoms with van der Waals surface area (Å²) in [6.07, 6.45) is 1.29. The zero-order valence-corrected chi connectivity index (χ0v) is 21.6. The van der Waals surface area contributed by atoms with E-state index in [1.54, 1.807) is 18.3 Å². The molecule has 11 heteroatoms. The fourth-order valence-corrected chi connectivity index (χ4v) is 6.28. The summed E-state index contributed by atoms with van der Waals surface area (Å²) >= 11 is 6.12. The molecule has 0 aliphatic carbocycles. The molecule has 4 aromatic rings. The number of hydrogen-bond acceptors (Lipinski definition) is 6. The number of hydrogen-bond donors (Lipinski definition) is 2. The molecule has 0 bridgehead atoms. The van der Waals surface area contributed by atoms with Crippen molar-refractivity contribution in [2.24, 2.45) is 5.73 Å². The van der Waals surface area contributed by atoms with Crippen LogP contribution in [-0.2, 0) is 14.8 Å². The van der Waals surface area contributed by atoms with Crippen LogP contribution in [-0.4, -0.2) is 61.0 Å².